The van der Waals surface area contributed by atoms with Crippen molar-refractivity contribution in [3.05, 3.63) is 35.6 Å². The van der Waals surface area contributed by atoms with Crippen LogP contribution in [0, 0.1) is 5.82 Å². The van der Waals surface area contributed by atoms with E-state index in [4.69, 9.17) is 9.47 Å². The number of hydrogen-bond acceptors (Lipinski definition) is 4. The van der Waals surface area contributed by atoms with Crippen molar-refractivity contribution in [3.8, 4) is 0 Å². The van der Waals surface area contributed by atoms with Crippen molar-refractivity contribution in [1.29, 1.82) is 0 Å². The Kier molecular flexibility index (Phi) is 5.76. The molecular weight excluding hydrogens is 347 g/mol. The molecule has 0 saturated carbocycles. The molecule has 1 aromatic rings. The molecule has 6 heteroatoms. The van der Waals surface area contributed by atoms with Gasteiger partial charge in [0.15, 0.2) is 0 Å². The number of carbonyl (C=O) groups is 1. The number of likely N-dealkylation sites (tertiary alicyclic amines) is 1. The lowest BCUT2D eigenvalue weighted by Gasteiger charge is -2.39. The van der Waals surface area contributed by atoms with Crippen LogP contribution in [-0.2, 0) is 20.8 Å². The Morgan fingerprint density at radius 3 is 2.78 bits per heavy atom. The van der Waals surface area contributed by atoms with Crippen LogP contribution >= 0.6 is 0 Å². The van der Waals surface area contributed by atoms with E-state index in [-0.39, 0.29) is 29.5 Å². The quantitative estimate of drug-likeness (QED) is 0.858. The van der Waals surface area contributed by atoms with Crippen LogP contribution in [-0.4, -0.2) is 54.9 Å². The molecule has 2 atom stereocenters. The molecule has 3 aliphatic heterocycles. The number of rotatable bonds is 5. The highest BCUT2D eigenvalue weighted by atomic mass is 19.1. The van der Waals surface area contributed by atoms with Gasteiger partial charge in [-0.15, -0.1) is 0 Å². The summed E-state index contributed by atoms with van der Waals surface area (Å²) in [5, 5.41) is 3.00. The Morgan fingerprint density at radius 1 is 1.22 bits per heavy atom. The molecule has 0 unspecified atom stereocenters. The van der Waals surface area contributed by atoms with Crippen LogP contribution in [0.5, 0.6) is 0 Å². The molecule has 5 nitrogen and oxygen atoms in total. The number of amides is 1. The van der Waals surface area contributed by atoms with Crippen molar-refractivity contribution in [3.63, 3.8) is 0 Å². The number of nitrogens with zero attached hydrogens (tertiary/aromatic N) is 1. The van der Waals surface area contributed by atoms with E-state index in [9.17, 15) is 9.18 Å². The summed E-state index contributed by atoms with van der Waals surface area (Å²) in [5.41, 5.74) is 0.695. The lowest BCUT2D eigenvalue weighted by Crippen LogP contribution is -2.45. The molecule has 3 saturated heterocycles. The molecule has 1 spiro atoms. The van der Waals surface area contributed by atoms with E-state index >= 15 is 0 Å². The summed E-state index contributed by atoms with van der Waals surface area (Å²) in [6.45, 7) is 3.75. The van der Waals surface area contributed by atoms with Gasteiger partial charge in [0.05, 0.1) is 11.7 Å². The van der Waals surface area contributed by atoms with Crippen molar-refractivity contribution in [1.82, 2.24) is 10.2 Å². The molecule has 0 aliphatic carbocycles. The Bertz CT molecular complexity index is 655. The van der Waals surface area contributed by atoms with Gasteiger partial charge in [-0.05, 0) is 44.6 Å². The second-order valence-corrected chi connectivity index (χ2v) is 8.08. The number of ether oxygens (including phenoxy) is 2. The molecule has 0 bridgehead atoms. The zero-order chi connectivity index (χ0) is 18.7. The first-order valence-electron chi connectivity index (χ1n) is 10.2. The second kappa shape index (κ2) is 8.25. The van der Waals surface area contributed by atoms with Gasteiger partial charge in [0, 0.05) is 38.3 Å². The third kappa shape index (κ3) is 4.50. The molecule has 3 aliphatic rings. The standard InChI is InChI=1S/C21H29FN2O3/c22-18-5-2-1-4-16(18)15-24-11-9-21(10-12-24)8-7-17(27-21)14-23-20(25)19-6-3-13-26-19/h1-2,4-5,17,19H,3,6-15H2,(H,23,25)/t17-,19-/m0/s1. The van der Waals surface area contributed by atoms with Gasteiger partial charge in [0.1, 0.15) is 11.9 Å². The van der Waals surface area contributed by atoms with E-state index in [2.05, 4.69) is 10.2 Å². The highest BCUT2D eigenvalue weighted by molar-refractivity contribution is 5.80. The fraction of sp³-hybridized carbons (Fsp3) is 0.667. The molecule has 27 heavy (non-hydrogen) atoms. The molecule has 148 valence electrons. The summed E-state index contributed by atoms with van der Waals surface area (Å²) in [6.07, 6.45) is 5.56. The predicted molar refractivity (Wildman–Crippen MR) is 99.7 cm³/mol. The largest absolute Gasteiger partial charge is 0.370 e. The van der Waals surface area contributed by atoms with E-state index in [0.717, 1.165) is 57.2 Å². The fourth-order valence-electron chi connectivity index (χ4n) is 4.51. The minimum Gasteiger partial charge on any atom is -0.370 e. The summed E-state index contributed by atoms with van der Waals surface area (Å²) in [7, 11) is 0. The van der Waals surface area contributed by atoms with E-state index in [1.54, 1.807) is 6.07 Å². The Balaban J connectivity index is 1.22. The summed E-state index contributed by atoms with van der Waals surface area (Å²) in [5.74, 6) is -0.131. The molecular formula is C21H29FN2O3. The van der Waals surface area contributed by atoms with Crippen molar-refractivity contribution in [2.45, 2.75) is 62.9 Å². The normalized spacial score (nSPS) is 27.9. The molecule has 4 rings (SSSR count). The number of nitrogens with one attached hydrogen (secondary N) is 1. The van der Waals surface area contributed by atoms with E-state index in [1.165, 1.54) is 6.07 Å². The maximum atomic E-state index is 13.9. The van der Waals surface area contributed by atoms with Gasteiger partial charge in [0.2, 0.25) is 5.91 Å². The van der Waals surface area contributed by atoms with Crippen molar-refractivity contribution < 1.29 is 18.7 Å². The average Bonchev–Trinajstić information content (AvgIpc) is 3.35. The Labute approximate surface area is 160 Å². The van der Waals surface area contributed by atoms with Gasteiger partial charge in [-0.3, -0.25) is 9.69 Å². The van der Waals surface area contributed by atoms with Gasteiger partial charge in [-0.25, -0.2) is 4.39 Å². The van der Waals surface area contributed by atoms with Crippen LogP contribution in [0.2, 0.25) is 0 Å². The summed E-state index contributed by atoms with van der Waals surface area (Å²) in [4.78, 5) is 14.4. The third-order valence-electron chi connectivity index (χ3n) is 6.18. The number of halogens is 1. The number of piperidine rings is 1. The molecule has 3 fully saturated rings. The Morgan fingerprint density at radius 2 is 2.04 bits per heavy atom. The van der Waals surface area contributed by atoms with Crippen molar-refractivity contribution >= 4 is 5.91 Å². The topological polar surface area (TPSA) is 50.8 Å². The number of benzene rings is 1. The lowest BCUT2D eigenvalue weighted by molar-refractivity contribution is -0.131. The summed E-state index contributed by atoms with van der Waals surface area (Å²) < 4.78 is 25.7. The van der Waals surface area contributed by atoms with Gasteiger partial charge in [-0.1, -0.05) is 18.2 Å². The van der Waals surface area contributed by atoms with Crippen molar-refractivity contribution in [2.75, 3.05) is 26.2 Å². The minimum atomic E-state index is -0.276. The zero-order valence-corrected chi connectivity index (χ0v) is 15.8. The smallest absolute Gasteiger partial charge is 0.249 e. The minimum absolute atomic E-state index is 0.00300. The van der Waals surface area contributed by atoms with Crippen LogP contribution in [0.4, 0.5) is 4.39 Å². The maximum Gasteiger partial charge on any atom is 0.249 e. The van der Waals surface area contributed by atoms with Crippen LogP contribution < -0.4 is 5.32 Å². The SMILES string of the molecule is O=C(NC[C@@H]1CCC2(CCN(Cc3ccccc3F)CC2)O1)[C@@H]1CCCO1. The van der Waals surface area contributed by atoms with Crippen LogP contribution in [0.25, 0.3) is 0 Å². The first-order valence-corrected chi connectivity index (χ1v) is 10.2. The molecule has 1 amide bonds. The van der Waals surface area contributed by atoms with E-state index in [0.29, 0.717) is 19.7 Å². The van der Waals surface area contributed by atoms with Gasteiger partial charge in [0.25, 0.3) is 0 Å². The number of carbonyl (C=O) groups excluding carboxylic acids is 1. The van der Waals surface area contributed by atoms with Crippen molar-refractivity contribution in [2.24, 2.45) is 0 Å². The first-order chi connectivity index (χ1) is 13.1. The van der Waals surface area contributed by atoms with Gasteiger partial charge in [-0.2, -0.15) is 0 Å². The molecule has 3 heterocycles. The molecule has 0 radical (unpaired) electrons. The van der Waals surface area contributed by atoms with E-state index in [1.807, 2.05) is 12.1 Å². The highest BCUT2D eigenvalue weighted by Crippen LogP contribution is 2.39. The average molecular weight is 376 g/mol. The predicted octanol–water partition coefficient (Wildman–Crippen LogP) is 2.63. The summed E-state index contributed by atoms with van der Waals surface area (Å²) in [6, 6.07) is 7.00. The Hall–Kier alpha value is -1.50. The zero-order valence-electron chi connectivity index (χ0n) is 15.8. The third-order valence-corrected chi connectivity index (χ3v) is 6.18. The molecule has 1 N–H and O–H groups in total. The first kappa shape index (κ1) is 18.8. The fourth-order valence-corrected chi connectivity index (χ4v) is 4.51. The summed E-state index contributed by atoms with van der Waals surface area (Å²) >= 11 is 0. The second-order valence-electron chi connectivity index (χ2n) is 8.08. The number of hydrogen-bond donors (Lipinski definition) is 1. The van der Waals surface area contributed by atoms with Crippen LogP contribution in [0.15, 0.2) is 24.3 Å². The van der Waals surface area contributed by atoms with Crippen LogP contribution in [0.1, 0.15) is 44.1 Å². The molecule has 1 aromatic carbocycles. The van der Waals surface area contributed by atoms with Gasteiger partial charge < -0.3 is 14.8 Å². The maximum absolute atomic E-state index is 13.9. The molecule has 0 aromatic heterocycles. The highest BCUT2D eigenvalue weighted by Gasteiger charge is 2.42. The lowest BCUT2D eigenvalue weighted by atomic mass is 9.88. The van der Waals surface area contributed by atoms with Gasteiger partial charge >= 0.3 is 0 Å². The monoisotopic (exact) mass is 376 g/mol. The van der Waals surface area contributed by atoms with Crippen LogP contribution in [0.3, 0.4) is 0 Å². The van der Waals surface area contributed by atoms with E-state index < -0.39 is 0 Å².